The molecule has 0 saturated carbocycles. The molecule has 15 heavy (non-hydrogen) atoms. The number of carbonyl (C=O) groups excluding carboxylic acids is 1. The lowest BCUT2D eigenvalue weighted by Crippen LogP contribution is -2.62. The monoisotopic (exact) mass is 233 g/mol. The number of hydrogen-bond donors (Lipinski definition) is 1. The lowest BCUT2D eigenvalue weighted by atomic mass is 9.94. The van der Waals surface area contributed by atoms with Crippen molar-refractivity contribution in [3.8, 4) is 0 Å². The van der Waals surface area contributed by atoms with Gasteiger partial charge in [-0.05, 0) is 13.3 Å². The Hall–Kier alpha value is -0.620. The third-order valence-corrected chi connectivity index (χ3v) is 4.72. The molecule has 0 bridgehead atoms. The highest BCUT2D eigenvalue weighted by molar-refractivity contribution is 7.91. The number of carbonyl (C=O) groups is 1. The zero-order valence-electron chi connectivity index (χ0n) is 8.64. The third kappa shape index (κ3) is 2.15. The maximum absolute atomic E-state index is 11.8. The fraction of sp³-hybridized carbons (Fsp3) is 0.889. The van der Waals surface area contributed by atoms with E-state index in [-0.39, 0.29) is 23.3 Å². The second-order valence-electron chi connectivity index (χ2n) is 4.79. The molecule has 86 valence electrons. The van der Waals surface area contributed by atoms with Crippen LogP contribution in [0.2, 0.25) is 0 Å². The summed E-state index contributed by atoms with van der Waals surface area (Å²) < 4.78 is 22.4. The zero-order chi connectivity index (χ0) is 11.3. The maximum Gasteiger partial charge on any atom is 0.226 e. The molecule has 1 unspecified atom stereocenters. The molecule has 1 atom stereocenters. The van der Waals surface area contributed by atoms with Crippen LogP contribution in [-0.4, -0.2) is 54.5 Å². The minimum Gasteiger partial charge on any atom is -0.386 e. The minimum atomic E-state index is -3.00. The lowest BCUT2D eigenvalue weighted by Gasteiger charge is -2.45. The van der Waals surface area contributed by atoms with E-state index in [2.05, 4.69) is 0 Å². The van der Waals surface area contributed by atoms with Gasteiger partial charge >= 0.3 is 0 Å². The van der Waals surface area contributed by atoms with Gasteiger partial charge < -0.3 is 10.0 Å². The topological polar surface area (TPSA) is 74.7 Å². The van der Waals surface area contributed by atoms with Crippen LogP contribution in [0.1, 0.15) is 13.3 Å². The average Bonchev–Trinajstić information content (AvgIpc) is 2.40. The fourth-order valence-electron chi connectivity index (χ4n) is 2.18. The highest BCUT2D eigenvalue weighted by Gasteiger charge is 2.43. The highest BCUT2D eigenvalue weighted by atomic mass is 32.2. The third-order valence-electron chi connectivity index (χ3n) is 2.96. The quantitative estimate of drug-likeness (QED) is 0.631. The van der Waals surface area contributed by atoms with Crippen LogP contribution in [-0.2, 0) is 14.6 Å². The molecule has 2 fully saturated rings. The van der Waals surface area contributed by atoms with Gasteiger partial charge in [-0.2, -0.15) is 0 Å². The Morgan fingerprint density at radius 2 is 2.07 bits per heavy atom. The number of rotatable bonds is 1. The first kappa shape index (κ1) is 10.9. The SMILES string of the molecule is CC1(O)CN(C(=O)C2CCS(=O)(=O)C2)C1. The number of likely N-dealkylation sites (tertiary alicyclic amines) is 1. The minimum absolute atomic E-state index is 0.0233. The van der Waals surface area contributed by atoms with Gasteiger partial charge in [0.25, 0.3) is 0 Å². The summed E-state index contributed by atoms with van der Waals surface area (Å²) in [5.41, 5.74) is -0.785. The van der Waals surface area contributed by atoms with E-state index >= 15 is 0 Å². The highest BCUT2D eigenvalue weighted by Crippen LogP contribution is 2.26. The molecular formula is C9H15NO4S. The van der Waals surface area contributed by atoms with Crippen molar-refractivity contribution < 1.29 is 18.3 Å². The van der Waals surface area contributed by atoms with Crippen LogP contribution in [0.25, 0.3) is 0 Å². The Morgan fingerprint density at radius 1 is 1.47 bits per heavy atom. The molecule has 1 N–H and O–H groups in total. The summed E-state index contributed by atoms with van der Waals surface area (Å²) in [5.74, 6) is -0.410. The van der Waals surface area contributed by atoms with E-state index in [0.29, 0.717) is 19.5 Å². The van der Waals surface area contributed by atoms with Crippen LogP contribution in [0, 0.1) is 5.92 Å². The Kier molecular flexibility index (Phi) is 2.31. The Balaban J connectivity index is 1.94. The van der Waals surface area contributed by atoms with Gasteiger partial charge in [-0.15, -0.1) is 0 Å². The summed E-state index contributed by atoms with van der Waals surface area (Å²) in [6.45, 7) is 2.31. The van der Waals surface area contributed by atoms with Crippen molar-refractivity contribution >= 4 is 15.7 Å². The van der Waals surface area contributed by atoms with Crippen molar-refractivity contribution in [2.75, 3.05) is 24.6 Å². The number of β-amino-alcohol motifs (C(OH)–C–C–N with tert-alkyl or cyclic N) is 1. The van der Waals surface area contributed by atoms with Crippen LogP contribution in [0.5, 0.6) is 0 Å². The molecular weight excluding hydrogens is 218 g/mol. The molecule has 2 rings (SSSR count). The number of hydrogen-bond acceptors (Lipinski definition) is 4. The molecule has 0 aromatic carbocycles. The van der Waals surface area contributed by atoms with E-state index in [4.69, 9.17) is 0 Å². The van der Waals surface area contributed by atoms with Gasteiger partial charge in [0.15, 0.2) is 9.84 Å². The van der Waals surface area contributed by atoms with E-state index in [1.165, 1.54) is 4.90 Å². The van der Waals surface area contributed by atoms with Crippen molar-refractivity contribution in [3.63, 3.8) is 0 Å². The van der Waals surface area contributed by atoms with Crippen LogP contribution >= 0.6 is 0 Å². The predicted octanol–water partition coefficient (Wildman–Crippen LogP) is -0.986. The molecule has 2 aliphatic heterocycles. The largest absolute Gasteiger partial charge is 0.386 e. The summed E-state index contributed by atoms with van der Waals surface area (Å²) in [4.78, 5) is 13.3. The number of nitrogens with zero attached hydrogens (tertiary/aromatic N) is 1. The summed E-state index contributed by atoms with van der Waals surface area (Å²) in [6, 6.07) is 0. The molecule has 2 aliphatic rings. The first-order valence-corrected chi connectivity index (χ1v) is 6.83. The molecule has 1 amide bonds. The van der Waals surface area contributed by atoms with Crippen molar-refractivity contribution in [1.29, 1.82) is 0 Å². The van der Waals surface area contributed by atoms with E-state index in [1.54, 1.807) is 6.92 Å². The molecule has 5 nitrogen and oxygen atoms in total. The van der Waals surface area contributed by atoms with E-state index in [9.17, 15) is 18.3 Å². The van der Waals surface area contributed by atoms with Gasteiger partial charge in [-0.3, -0.25) is 4.79 Å². The number of amides is 1. The molecule has 0 radical (unpaired) electrons. The first-order valence-electron chi connectivity index (χ1n) is 5.01. The second kappa shape index (κ2) is 3.18. The lowest BCUT2D eigenvalue weighted by molar-refractivity contribution is -0.155. The van der Waals surface area contributed by atoms with Crippen LogP contribution < -0.4 is 0 Å². The maximum atomic E-state index is 11.8. The Bertz CT molecular complexity index is 379. The second-order valence-corrected chi connectivity index (χ2v) is 7.02. The number of aliphatic hydroxyl groups is 1. The summed E-state index contributed by atoms with van der Waals surface area (Å²) in [5, 5.41) is 9.47. The van der Waals surface area contributed by atoms with Gasteiger partial charge in [-0.25, -0.2) is 8.42 Å². The van der Waals surface area contributed by atoms with Crippen molar-refractivity contribution in [2.24, 2.45) is 5.92 Å². The van der Waals surface area contributed by atoms with E-state index in [1.807, 2.05) is 0 Å². The van der Waals surface area contributed by atoms with Gasteiger partial charge in [0.05, 0.1) is 36.1 Å². The standard InChI is InChI=1S/C9H15NO4S/c1-9(12)5-10(6-9)8(11)7-2-3-15(13,14)4-7/h7,12H,2-6H2,1H3. The van der Waals surface area contributed by atoms with Gasteiger partial charge in [0.2, 0.25) is 5.91 Å². The van der Waals surface area contributed by atoms with Gasteiger partial charge in [-0.1, -0.05) is 0 Å². The zero-order valence-corrected chi connectivity index (χ0v) is 9.46. The van der Waals surface area contributed by atoms with E-state index in [0.717, 1.165) is 0 Å². The molecule has 6 heteroatoms. The average molecular weight is 233 g/mol. The predicted molar refractivity (Wildman–Crippen MR) is 54.0 cm³/mol. The van der Waals surface area contributed by atoms with E-state index < -0.39 is 15.4 Å². The van der Waals surface area contributed by atoms with Crippen LogP contribution in [0.15, 0.2) is 0 Å². The summed E-state index contributed by atoms with van der Waals surface area (Å²) >= 11 is 0. The normalized spacial score (nSPS) is 32.4. The fourth-order valence-corrected chi connectivity index (χ4v) is 3.91. The Morgan fingerprint density at radius 3 is 2.47 bits per heavy atom. The van der Waals surface area contributed by atoms with Crippen LogP contribution in [0.3, 0.4) is 0 Å². The van der Waals surface area contributed by atoms with Crippen molar-refractivity contribution in [1.82, 2.24) is 4.90 Å². The molecule has 0 spiro atoms. The summed E-state index contributed by atoms with van der Waals surface area (Å²) in [6.07, 6.45) is 0.430. The van der Waals surface area contributed by atoms with Gasteiger partial charge in [0, 0.05) is 0 Å². The molecule has 0 aliphatic carbocycles. The van der Waals surface area contributed by atoms with Gasteiger partial charge in [0.1, 0.15) is 0 Å². The first-order chi connectivity index (χ1) is 6.79. The van der Waals surface area contributed by atoms with Crippen molar-refractivity contribution in [3.05, 3.63) is 0 Å². The van der Waals surface area contributed by atoms with Crippen molar-refractivity contribution in [2.45, 2.75) is 18.9 Å². The molecule has 0 aromatic rings. The molecule has 2 heterocycles. The molecule has 2 saturated heterocycles. The Labute approximate surface area is 89.0 Å². The van der Waals surface area contributed by atoms with Crippen LogP contribution in [0.4, 0.5) is 0 Å². The molecule has 0 aromatic heterocycles. The smallest absolute Gasteiger partial charge is 0.226 e. The number of sulfone groups is 1. The summed E-state index contributed by atoms with van der Waals surface area (Å²) in [7, 11) is -3.00.